The van der Waals surface area contributed by atoms with E-state index in [0.29, 0.717) is 6.42 Å². The van der Waals surface area contributed by atoms with Crippen LogP contribution < -0.4 is 5.32 Å². The highest BCUT2D eigenvalue weighted by Crippen LogP contribution is 2.38. The van der Waals surface area contributed by atoms with Gasteiger partial charge in [-0.3, -0.25) is 4.79 Å². The van der Waals surface area contributed by atoms with Gasteiger partial charge in [0, 0.05) is 12.0 Å². The fraction of sp³-hybridized carbons (Fsp3) is 0.900. The predicted octanol–water partition coefficient (Wildman–Crippen LogP) is 2.09. The molecule has 1 aliphatic heterocycles. The monoisotopic (exact) mass is 169 g/mol. The topological polar surface area (TPSA) is 29.1 Å². The van der Waals surface area contributed by atoms with E-state index in [1.165, 1.54) is 0 Å². The molecule has 0 radical (unpaired) electrons. The number of carbonyl (C=O) groups excluding carboxylic acids is 1. The fourth-order valence-electron chi connectivity index (χ4n) is 2.23. The van der Waals surface area contributed by atoms with E-state index in [4.69, 9.17) is 0 Å². The Balaban J connectivity index is 2.76. The van der Waals surface area contributed by atoms with Crippen LogP contribution in [0.25, 0.3) is 0 Å². The van der Waals surface area contributed by atoms with Crippen LogP contribution in [-0.2, 0) is 4.79 Å². The van der Waals surface area contributed by atoms with E-state index in [1.54, 1.807) is 0 Å². The molecule has 12 heavy (non-hydrogen) atoms. The average molecular weight is 169 g/mol. The number of rotatable bonds is 1. The van der Waals surface area contributed by atoms with Crippen LogP contribution in [0.15, 0.2) is 0 Å². The van der Waals surface area contributed by atoms with Crippen molar-refractivity contribution in [2.45, 2.75) is 52.5 Å². The molecule has 1 unspecified atom stereocenters. The molecule has 70 valence electrons. The van der Waals surface area contributed by atoms with E-state index in [1.807, 2.05) is 0 Å². The summed E-state index contributed by atoms with van der Waals surface area (Å²) in [7, 11) is 0. The van der Waals surface area contributed by atoms with Crippen molar-refractivity contribution in [1.29, 1.82) is 0 Å². The Labute approximate surface area is 74.7 Å². The lowest BCUT2D eigenvalue weighted by atomic mass is 9.71. The third-order valence-electron chi connectivity index (χ3n) is 2.79. The predicted molar refractivity (Wildman–Crippen MR) is 49.9 cm³/mol. The highest BCUT2D eigenvalue weighted by atomic mass is 16.1. The zero-order valence-electron chi connectivity index (χ0n) is 8.53. The van der Waals surface area contributed by atoms with Gasteiger partial charge in [-0.15, -0.1) is 0 Å². The second-order valence-electron chi connectivity index (χ2n) is 4.95. The first-order valence-corrected chi connectivity index (χ1v) is 4.68. The lowest BCUT2D eigenvalue weighted by Gasteiger charge is -2.42. The minimum atomic E-state index is -0.0138. The summed E-state index contributed by atoms with van der Waals surface area (Å²) >= 11 is 0. The Morgan fingerprint density at radius 3 is 2.42 bits per heavy atom. The van der Waals surface area contributed by atoms with Gasteiger partial charge in [0.05, 0.1) is 0 Å². The second-order valence-corrected chi connectivity index (χ2v) is 4.95. The number of hydrogen-bond acceptors (Lipinski definition) is 1. The highest BCUT2D eigenvalue weighted by Gasteiger charge is 2.38. The van der Waals surface area contributed by atoms with Gasteiger partial charge in [-0.25, -0.2) is 0 Å². The van der Waals surface area contributed by atoms with Crippen molar-refractivity contribution in [3.8, 4) is 0 Å². The van der Waals surface area contributed by atoms with Crippen molar-refractivity contribution in [2.24, 2.45) is 5.41 Å². The Hall–Kier alpha value is -0.530. The largest absolute Gasteiger partial charge is 0.351 e. The average Bonchev–Trinajstić information content (AvgIpc) is 1.82. The van der Waals surface area contributed by atoms with Crippen molar-refractivity contribution in [3.05, 3.63) is 0 Å². The maximum atomic E-state index is 11.3. The van der Waals surface area contributed by atoms with Crippen molar-refractivity contribution in [1.82, 2.24) is 5.32 Å². The lowest BCUT2D eigenvalue weighted by Crippen LogP contribution is -2.52. The molecule has 2 heteroatoms. The van der Waals surface area contributed by atoms with Crippen molar-refractivity contribution >= 4 is 5.91 Å². The van der Waals surface area contributed by atoms with Crippen LogP contribution in [0.3, 0.4) is 0 Å². The lowest BCUT2D eigenvalue weighted by molar-refractivity contribution is -0.128. The smallest absolute Gasteiger partial charge is 0.220 e. The molecule has 1 fully saturated rings. The Bertz CT molecular complexity index is 198. The van der Waals surface area contributed by atoms with Crippen molar-refractivity contribution < 1.29 is 4.79 Å². The first kappa shape index (κ1) is 9.56. The van der Waals surface area contributed by atoms with E-state index in [2.05, 4.69) is 33.0 Å². The molecule has 0 spiro atoms. The number of piperidine rings is 1. The molecule has 0 aromatic carbocycles. The Morgan fingerprint density at radius 1 is 1.42 bits per heavy atom. The number of carbonyl (C=O) groups is 1. The summed E-state index contributed by atoms with van der Waals surface area (Å²) in [5, 5.41) is 3.01. The standard InChI is InChI=1S/C10H19NO/c1-5-10(4)6-8(12)11-9(2,3)7-10/h5-7H2,1-4H3,(H,11,12). The summed E-state index contributed by atoms with van der Waals surface area (Å²) in [6, 6.07) is 0. The van der Waals surface area contributed by atoms with Gasteiger partial charge in [0.2, 0.25) is 5.91 Å². The number of hydrogen-bond donors (Lipinski definition) is 1. The van der Waals surface area contributed by atoms with E-state index in [0.717, 1.165) is 12.8 Å². The van der Waals surface area contributed by atoms with Crippen LogP contribution in [0.2, 0.25) is 0 Å². The molecule has 1 N–H and O–H groups in total. The minimum Gasteiger partial charge on any atom is -0.351 e. The van der Waals surface area contributed by atoms with Crippen molar-refractivity contribution in [3.63, 3.8) is 0 Å². The number of amides is 1. The molecule has 0 aromatic heterocycles. The van der Waals surface area contributed by atoms with Gasteiger partial charge in [-0.2, -0.15) is 0 Å². The summed E-state index contributed by atoms with van der Waals surface area (Å²) in [4.78, 5) is 11.3. The summed E-state index contributed by atoms with van der Waals surface area (Å²) in [5.41, 5.74) is 0.200. The van der Waals surface area contributed by atoms with Crippen LogP contribution >= 0.6 is 0 Å². The molecule has 2 nitrogen and oxygen atoms in total. The molecule has 0 aromatic rings. The van der Waals surface area contributed by atoms with Gasteiger partial charge in [0.15, 0.2) is 0 Å². The minimum absolute atomic E-state index is 0.0138. The van der Waals surface area contributed by atoms with Gasteiger partial charge in [0.1, 0.15) is 0 Å². The van der Waals surface area contributed by atoms with Gasteiger partial charge in [-0.1, -0.05) is 20.3 Å². The van der Waals surface area contributed by atoms with Crippen LogP contribution in [0.1, 0.15) is 47.0 Å². The molecule has 1 heterocycles. The van der Waals surface area contributed by atoms with Gasteiger partial charge in [0.25, 0.3) is 0 Å². The molecule has 0 bridgehead atoms. The maximum Gasteiger partial charge on any atom is 0.220 e. The normalized spacial score (nSPS) is 34.5. The summed E-state index contributed by atoms with van der Waals surface area (Å²) in [6.07, 6.45) is 2.86. The second kappa shape index (κ2) is 2.75. The molecule has 1 atom stereocenters. The Morgan fingerprint density at radius 2 is 2.00 bits per heavy atom. The van der Waals surface area contributed by atoms with Gasteiger partial charge >= 0.3 is 0 Å². The molecule has 1 saturated heterocycles. The first-order chi connectivity index (χ1) is 5.37. The first-order valence-electron chi connectivity index (χ1n) is 4.68. The van der Waals surface area contributed by atoms with E-state index < -0.39 is 0 Å². The third kappa shape index (κ3) is 1.99. The summed E-state index contributed by atoms with van der Waals surface area (Å²) in [6.45, 7) is 8.55. The van der Waals surface area contributed by atoms with Crippen LogP contribution in [0, 0.1) is 5.41 Å². The molecule has 0 aliphatic carbocycles. The maximum absolute atomic E-state index is 11.3. The van der Waals surface area contributed by atoms with E-state index in [-0.39, 0.29) is 16.9 Å². The fourth-order valence-corrected chi connectivity index (χ4v) is 2.23. The quantitative estimate of drug-likeness (QED) is 0.640. The van der Waals surface area contributed by atoms with E-state index >= 15 is 0 Å². The number of nitrogens with one attached hydrogen (secondary N) is 1. The third-order valence-corrected chi connectivity index (χ3v) is 2.79. The van der Waals surface area contributed by atoms with Gasteiger partial charge < -0.3 is 5.32 Å². The van der Waals surface area contributed by atoms with Crippen LogP contribution in [0.5, 0.6) is 0 Å². The van der Waals surface area contributed by atoms with Crippen LogP contribution in [0.4, 0.5) is 0 Å². The Kier molecular flexibility index (Phi) is 2.19. The molecule has 1 rings (SSSR count). The zero-order valence-corrected chi connectivity index (χ0v) is 8.53. The van der Waals surface area contributed by atoms with E-state index in [9.17, 15) is 4.79 Å². The van der Waals surface area contributed by atoms with Crippen molar-refractivity contribution in [2.75, 3.05) is 0 Å². The molecule has 1 amide bonds. The summed E-state index contributed by atoms with van der Waals surface area (Å²) < 4.78 is 0. The summed E-state index contributed by atoms with van der Waals surface area (Å²) in [5.74, 6) is 0.204. The SMILES string of the molecule is CCC1(C)CC(=O)NC(C)(C)C1. The molecular formula is C10H19NO. The highest BCUT2D eigenvalue weighted by molar-refractivity contribution is 5.78. The van der Waals surface area contributed by atoms with Gasteiger partial charge in [-0.05, 0) is 25.7 Å². The zero-order chi connectivity index (χ0) is 9.41. The molecular weight excluding hydrogens is 150 g/mol. The molecule has 0 saturated carbocycles. The van der Waals surface area contributed by atoms with Crippen LogP contribution in [-0.4, -0.2) is 11.4 Å². The molecule has 1 aliphatic rings.